The zero-order valence-electron chi connectivity index (χ0n) is 19.7. The number of hydrogen-bond acceptors (Lipinski definition) is 3. The highest BCUT2D eigenvalue weighted by molar-refractivity contribution is 6.08. The monoisotopic (exact) mass is 434 g/mol. The Morgan fingerprint density at radius 1 is 1.12 bits per heavy atom. The van der Waals surface area contributed by atoms with Gasteiger partial charge in [-0.25, -0.2) is 0 Å². The van der Waals surface area contributed by atoms with E-state index >= 15 is 0 Å². The Morgan fingerprint density at radius 2 is 1.84 bits per heavy atom. The average molecular weight is 435 g/mol. The number of nitrogens with one attached hydrogen (secondary N) is 2. The quantitative estimate of drug-likeness (QED) is 0.418. The Labute approximate surface area is 190 Å². The van der Waals surface area contributed by atoms with Gasteiger partial charge in [0, 0.05) is 23.5 Å². The average Bonchev–Trinajstić information content (AvgIpc) is 3.21. The molecule has 0 bridgehead atoms. The number of carbonyl (C=O) groups is 2. The fraction of sp³-hybridized carbons (Fsp3) is 0.407. The van der Waals surface area contributed by atoms with Crippen LogP contribution >= 0.6 is 0 Å². The van der Waals surface area contributed by atoms with Gasteiger partial charge in [0.1, 0.15) is 0 Å². The van der Waals surface area contributed by atoms with Crippen LogP contribution in [0, 0.1) is 19.8 Å². The number of benzene rings is 2. The molecule has 170 valence electrons. The molecule has 3 rings (SSSR count). The third kappa shape index (κ3) is 5.58. The summed E-state index contributed by atoms with van der Waals surface area (Å²) < 4.78 is 4.79. The molecule has 1 amide bonds. The van der Waals surface area contributed by atoms with Crippen molar-refractivity contribution >= 4 is 22.8 Å². The molecule has 3 aromatic rings. The summed E-state index contributed by atoms with van der Waals surface area (Å²) in [5.41, 5.74) is 5.99. The predicted molar refractivity (Wildman–Crippen MR) is 129 cm³/mol. The van der Waals surface area contributed by atoms with Crippen LogP contribution in [0.4, 0.5) is 0 Å². The molecule has 0 radical (unpaired) electrons. The highest BCUT2D eigenvalue weighted by Crippen LogP contribution is 2.28. The third-order valence-electron chi connectivity index (χ3n) is 6.15. The van der Waals surface area contributed by atoms with Crippen molar-refractivity contribution in [2.75, 3.05) is 7.11 Å². The molecule has 0 aliphatic carbocycles. The van der Waals surface area contributed by atoms with Crippen LogP contribution in [0.25, 0.3) is 10.9 Å². The number of aryl methyl sites for hydroxylation is 3. The van der Waals surface area contributed by atoms with E-state index in [0.29, 0.717) is 17.9 Å². The highest BCUT2D eigenvalue weighted by Gasteiger charge is 2.22. The van der Waals surface area contributed by atoms with E-state index in [4.69, 9.17) is 4.74 Å². The van der Waals surface area contributed by atoms with E-state index < -0.39 is 0 Å². The van der Waals surface area contributed by atoms with Crippen molar-refractivity contribution in [2.45, 2.75) is 59.4 Å². The lowest BCUT2D eigenvalue weighted by molar-refractivity contribution is -0.140. The van der Waals surface area contributed by atoms with Crippen molar-refractivity contribution in [1.29, 1.82) is 0 Å². The van der Waals surface area contributed by atoms with Crippen LogP contribution in [-0.2, 0) is 16.0 Å². The van der Waals surface area contributed by atoms with Crippen LogP contribution in [0.1, 0.15) is 71.8 Å². The molecule has 0 fully saturated rings. The van der Waals surface area contributed by atoms with Crippen LogP contribution in [0.3, 0.4) is 0 Å². The molecule has 32 heavy (non-hydrogen) atoms. The van der Waals surface area contributed by atoms with Gasteiger partial charge in [-0.1, -0.05) is 61.7 Å². The molecular formula is C27H34N2O3. The number of aromatic nitrogens is 1. The first-order valence-electron chi connectivity index (χ1n) is 11.4. The van der Waals surface area contributed by atoms with Gasteiger partial charge < -0.3 is 15.0 Å². The molecule has 2 N–H and O–H groups in total. The van der Waals surface area contributed by atoms with Crippen molar-refractivity contribution in [3.05, 3.63) is 70.4 Å². The maximum Gasteiger partial charge on any atom is 0.305 e. The zero-order valence-corrected chi connectivity index (χ0v) is 19.7. The Morgan fingerprint density at radius 3 is 2.50 bits per heavy atom. The Bertz CT molecular complexity index is 1080. The second kappa shape index (κ2) is 10.5. The van der Waals surface area contributed by atoms with Gasteiger partial charge in [-0.3, -0.25) is 9.59 Å². The van der Waals surface area contributed by atoms with E-state index in [1.165, 1.54) is 18.2 Å². The number of H-pyrrole nitrogens is 1. The van der Waals surface area contributed by atoms with E-state index in [2.05, 4.69) is 56.2 Å². The lowest BCUT2D eigenvalue weighted by Gasteiger charge is -2.23. The fourth-order valence-corrected chi connectivity index (χ4v) is 4.28. The number of esters is 1. The molecule has 1 heterocycles. The maximum atomic E-state index is 13.5. The van der Waals surface area contributed by atoms with Crippen molar-refractivity contribution in [1.82, 2.24) is 10.3 Å². The molecule has 0 aliphatic heterocycles. The van der Waals surface area contributed by atoms with E-state index in [9.17, 15) is 9.59 Å². The summed E-state index contributed by atoms with van der Waals surface area (Å²) in [6, 6.07) is 12.3. The number of methoxy groups -OCH3 is 1. The Kier molecular flexibility index (Phi) is 7.73. The molecular weight excluding hydrogens is 400 g/mol. The zero-order chi connectivity index (χ0) is 23.3. The number of ether oxygens (including phenoxy) is 1. The van der Waals surface area contributed by atoms with Crippen LogP contribution < -0.4 is 5.32 Å². The predicted octanol–water partition coefficient (Wildman–Crippen LogP) is 5.80. The summed E-state index contributed by atoms with van der Waals surface area (Å²) in [6.07, 6.45) is 4.50. The first-order chi connectivity index (χ1) is 15.3. The smallest absolute Gasteiger partial charge is 0.305 e. The molecule has 0 saturated carbocycles. The van der Waals surface area contributed by atoms with Gasteiger partial charge in [-0.05, 0) is 49.8 Å². The third-order valence-corrected chi connectivity index (χ3v) is 6.15. The summed E-state index contributed by atoms with van der Waals surface area (Å²) in [6.45, 7) is 8.58. The summed E-state index contributed by atoms with van der Waals surface area (Å²) >= 11 is 0. The minimum Gasteiger partial charge on any atom is -0.469 e. The molecule has 0 spiro atoms. The lowest BCUT2D eigenvalue weighted by atomic mass is 9.92. The second-order valence-corrected chi connectivity index (χ2v) is 8.81. The molecule has 2 unspecified atom stereocenters. The van der Waals surface area contributed by atoms with Crippen LogP contribution in [0.15, 0.2) is 42.6 Å². The standard InChI is InChI=1S/C27H34N2O3/c1-6-17(2)15-24(21-13-18(3)12-19(4)14-21)29-27(31)22-16-28-23-9-7-8-20(26(22)23)10-11-25(30)32-5/h7-9,12-14,16-17,24,28H,6,10-11,15H2,1-5H3,(H,29,31). The van der Waals surface area contributed by atoms with Crippen molar-refractivity contribution in [2.24, 2.45) is 5.92 Å². The Hall–Kier alpha value is -3.08. The van der Waals surface area contributed by atoms with Gasteiger partial charge in [0.15, 0.2) is 0 Å². The minimum atomic E-state index is -0.257. The molecule has 5 nitrogen and oxygen atoms in total. The van der Waals surface area contributed by atoms with Crippen molar-refractivity contribution in [3.8, 4) is 0 Å². The minimum absolute atomic E-state index is 0.0665. The molecule has 5 heteroatoms. The summed E-state index contributed by atoms with van der Waals surface area (Å²) in [7, 11) is 1.39. The lowest BCUT2D eigenvalue weighted by Crippen LogP contribution is -2.30. The highest BCUT2D eigenvalue weighted by atomic mass is 16.5. The molecule has 1 aromatic heterocycles. The van der Waals surface area contributed by atoms with Gasteiger partial charge in [0.2, 0.25) is 0 Å². The summed E-state index contributed by atoms with van der Waals surface area (Å²) in [5.74, 6) is 0.126. The number of fused-ring (bicyclic) bond motifs is 1. The molecule has 0 aliphatic rings. The molecule has 2 aromatic carbocycles. The van der Waals surface area contributed by atoms with E-state index in [1.54, 1.807) is 6.20 Å². The van der Waals surface area contributed by atoms with Gasteiger partial charge in [-0.2, -0.15) is 0 Å². The van der Waals surface area contributed by atoms with Crippen molar-refractivity contribution < 1.29 is 14.3 Å². The summed E-state index contributed by atoms with van der Waals surface area (Å²) in [4.78, 5) is 28.3. The first kappa shape index (κ1) is 23.6. The van der Waals surface area contributed by atoms with Gasteiger partial charge in [0.25, 0.3) is 5.91 Å². The largest absolute Gasteiger partial charge is 0.469 e. The number of rotatable bonds is 9. The van der Waals surface area contributed by atoms with E-state index in [0.717, 1.165) is 34.9 Å². The topological polar surface area (TPSA) is 71.2 Å². The SMILES string of the molecule is CCC(C)CC(NC(=O)c1c[nH]c2cccc(CCC(=O)OC)c12)c1cc(C)cc(C)c1. The van der Waals surface area contributed by atoms with E-state index in [-0.39, 0.29) is 24.3 Å². The summed E-state index contributed by atoms with van der Waals surface area (Å²) in [5, 5.41) is 4.17. The van der Waals surface area contributed by atoms with Gasteiger partial charge >= 0.3 is 5.97 Å². The van der Waals surface area contributed by atoms with Crippen molar-refractivity contribution in [3.63, 3.8) is 0 Å². The fourth-order valence-electron chi connectivity index (χ4n) is 4.28. The van der Waals surface area contributed by atoms with Gasteiger partial charge in [-0.15, -0.1) is 0 Å². The second-order valence-electron chi connectivity index (χ2n) is 8.81. The number of aromatic amines is 1. The van der Waals surface area contributed by atoms with Crippen LogP contribution in [-0.4, -0.2) is 24.0 Å². The van der Waals surface area contributed by atoms with Crippen LogP contribution in [0.2, 0.25) is 0 Å². The molecule has 0 saturated heterocycles. The number of hydrogen-bond donors (Lipinski definition) is 2. The van der Waals surface area contributed by atoms with Crippen LogP contribution in [0.5, 0.6) is 0 Å². The number of amides is 1. The maximum absolute atomic E-state index is 13.5. The molecule has 2 atom stereocenters. The first-order valence-corrected chi connectivity index (χ1v) is 11.4. The Balaban J connectivity index is 1.92. The van der Waals surface area contributed by atoms with Gasteiger partial charge in [0.05, 0.1) is 18.7 Å². The number of carbonyl (C=O) groups excluding carboxylic acids is 2. The van der Waals surface area contributed by atoms with E-state index in [1.807, 2.05) is 18.2 Å². The normalized spacial score (nSPS) is 13.0.